The van der Waals surface area contributed by atoms with E-state index >= 15 is 0 Å². The monoisotopic (exact) mass is 437 g/mol. The fourth-order valence-corrected chi connectivity index (χ4v) is 3.73. The molecule has 0 fully saturated rings. The van der Waals surface area contributed by atoms with Gasteiger partial charge in [0.2, 0.25) is 0 Å². The third-order valence-electron chi connectivity index (χ3n) is 2.71. The highest BCUT2D eigenvalue weighted by Crippen LogP contribution is 2.28. The Labute approximate surface area is 139 Å². The van der Waals surface area contributed by atoms with Gasteiger partial charge in [0.25, 0.3) is 10.0 Å². The van der Waals surface area contributed by atoms with Gasteiger partial charge in [-0.15, -0.1) is 0 Å². The zero-order chi connectivity index (χ0) is 14.9. The lowest BCUT2D eigenvalue weighted by atomic mass is 10.2. The molecule has 2 rings (SSSR count). The van der Waals surface area contributed by atoms with Crippen molar-refractivity contribution in [3.8, 4) is 0 Å². The van der Waals surface area contributed by atoms with Crippen molar-refractivity contribution in [2.24, 2.45) is 0 Å². The Morgan fingerprint density at radius 2 is 1.80 bits per heavy atom. The molecule has 1 N–H and O–H groups in total. The van der Waals surface area contributed by atoms with Gasteiger partial charge in [0.05, 0.1) is 15.6 Å². The number of anilines is 1. The molecule has 0 aliphatic rings. The van der Waals surface area contributed by atoms with Crippen LogP contribution in [-0.2, 0) is 10.0 Å². The number of nitrogens with one attached hydrogen (secondary N) is 1. The van der Waals surface area contributed by atoms with Crippen LogP contribution in [0.4, 0.5) is 5.69 Å². The van der Waals surface area contributed by atoms with E-state index in [1.807, 2.05) is 13.0 Å². The first-order chi connectivity index (χ1) is 9.31. The molecule has 3 nitrogen and oxygen atoms in total. The number of halogens is 3. The topological polar surface area (TPSA) is 46.2 Å². The van der Waals surface area contributed by atoms with Crippen LogP contribution in [0.3, 0.4) is 0 Å². The highest BCUT2D eigenvalue weighted by Gasteiger charge is 2.17. The van der Waals surface area contributed by atoms with E-state index in [1.165, 1.54) is 18.2 Å². The van der Waals surface area contributed by atoms with Crippen molar-refractivity contribution in [3.63, 3.8) is 0 Å². The predicted molar refractivity (Wildman–Crippen MR) is 88.8 cm³/mol. The lowest BCUT2D eigenvalue weighted by molar-refractivity contribution is 0.601. The molecule has 7 heteroatoms. The molecule has 0 saturated carbocycles. The smallest absolute Gasteiger partial charge is 0.261 e. The maximum atomic E-state index is 12.3. The average Bonchev–Trinajstić information content (AvgIpc) is 2.38. The first kappa shape index (κ1) is 15.8. The summed E-state index contributed by atoms with van der Waals surface area (Å²) in [7, 11) is -3.65. The number of hydrogen-bond acceptors (Lipinski definition) is 2. The molecule has 0 bridgehead atoms. The second-order valence-corrected chi connectivity index (χ2v) is 7.89. The van der Waals surface area contributed by atoms with Crippen LogP contribution in [-0.4, -0.2) is 8.42 Å². The van der Waals surface area contributed by atoms with E-state index in [1.54, 1.807) is 12.1 Å². The van der Waals surface area contributed by atoms with E-state index in [2.05, 4.69) is 36.6 Å². The molecule has 106 valence electrons. The Balaban J connectivity index is 2.41. The number of rotatable bonds is 3. The zero-order valence-electron chi connectivity index (χ0n) is 10.3. The van der Waals surface area contributed by atoms with Gasteiger partial charge in [-0.05, 0) is 58.7 Å². The fraction of sp³-hybridized carbons (Fsp3) is 0.0769. The van der Waals surface area contributed by atoms with Crippen molar-refractivity contribution in [2.75, 3.05) is 4.72 Å². The van der Waals surface area contributed by atoms with E-state index in [4.69, 9.17) is 11.6 Å². The highest BCUT2D eigenvalue weighted by atomic mass is 79.9. The molecule has 0 radical (unpaired) electrons. The predicted octanol–water partition coefficient (Wildman–Crippen LogP) is 4.97. The molecule has 0 heterocycles. The summed E-state index contributed by atoms with van der Waals surface area (Å²) >= 11 is 12.5. The maximum absolute atomic E-state index is 12.3. The maximum Gasteiger partial charge on any atom is 0.261 e. The molecule has 0 aromatic heterocycles. The van der Waals surface area contributed by atoms with Gasteiger partial charge in [0.1, 0.15) is 0 Å². The molecule has 2 aromatic carbocycles. The minimum Gasteiger partial charge on any atom is -0.279 e. The molecule has 0 aliphatic heterocycles. The van der Waals surface area contributed by atoms with Crippen LogP contribution in [0, 0.1) is 6.92 Å². The first-order valence-corrected chi connectivity index (χ1v) is 8.99. The summed E-state index contributed by atoms with van der Waals surface area (Å²) in [5, 5.41) is 0.461. The fourth-order valence-electron chi connectivity index (χ4n) is 1.57. The summed E-state index contributed by atoms with van der Waals surface area (Å²) in [5.74, 6) is 0. The van der Waals surface area contributed by atoms with Gasteiger partial charge in [-0.25, -0.2) is 8.42 Å². The minimum absolute atomic E-state index is 0.146. The standard InChI is InChI=1S/C13H10Br2ClNO2S/c1-8-10(14)3-2-4-13(8)17-20(18,19)9-5-6-12(16)11(15)7-9/h2-7,17H,1H3. The van der Waals surface area contributed by atoms with E-state index in [-0.39, 0.29) is 4.90 Å². The number of hydrogen-bond donors (Lipinski definition) is 1. The van der Waals surface area contributed by atoms with Gasteiger partial charge in [0.15, 0.2) is 0 Å². The Kier molecular flexibility index (Phi) is 4.79. The molecule has 0 amide bonds. The molecule has 0 unspecified atom stereocenters. The van der Waals surface area contributed by atoms with Crippen molar-refractivity contribution >= 4 is 59.2 Å². The van der Waals surface area contributed by atoms with Crippen LogP contribution in [0.15, 0.2) is 50.2 Å². The van der Waals surface area contributed by atoms with Gasteiger partial charge in [0, 0.05) is 8.95 Å². The molecular formula is C13H10Br2ClNO2S. The van der Waals surface area contributed by atoms with Gasteiger partial charge in [-0.2, -0.15) is 0 Å². The second kappa shape index (κ2) is 6.05. The number of sulfonamides is 1. The third kappa shape index (κ3) is 3.36. The molecule has 0 aliphatic carbocycles. The first-order valence-electron chi connectivity index (χ1n) is 5.54. The lowest BCUT2D eigenvalue weighted by Crippen LogP contribution is -2.13. The van der Waals surface area contributed by atoms with E-state index in [9.17, 15) is 8.42 Å². The Morgan fingerprint density at radius 3 is 2.45 bits per heavy atom. The number of benzene rings is 2. The van der Waals surface area contributed by atoms with Gasteiger partial charge < -0.3 is 0 Å². The Morgan fingerprint density at radius 1 is 1.10 bits per heavy atom. The second-order valence-electron chi connectivity index (χ2n) is 4.09. The van der Waals surface area contributed by atoms with Crippen LogP contribution in [0.1, 0.15) is 5.56 Å². The minimum atomic E-state index is -3.65. The summed E-state index contributed by atoms with van der Waals surface area (Å²) in [5.41, 5.74) is 1.36. The lowest BCUT2D eigenvalue weighted by Gasteiger charge is -2.12. The van der Waals surface area contributed by atoms with Gasteiger partial charge in [-0.3, -0.25) is 4.72 Å². The normalized spacial score (nSPS) is 11.4. The van der Waals surface area contributed by atoms with E-state index in [0.717, 1.165) is 10.0 Å². The van der Waals surface area contributed by atoms with Crippen molar-refractivity contribution in [1.29, 1.82) is 0 Å². The van der Waals surface area contributed by atoms with Gasteiger partial charge in [-0.1, -0.05) is 33.6 Å². The molecular weight excluding hydrogens is 429 g/mol. The van der Waals surface area contributed by atoms with Crippen molar-refractivity contribution < 1.29 is 8.42 Å². The Bertz CT molecular complexity index is 763. The van der Waals surface area contributed by atoms with Crippen LogP contribution in [0.5, 0.6) is 0 Å². The van der Waals surface area contributed by atoms with Crippen molar-refractivity contribution in [1.82, 2.24) is 0 Å². The molecule has 20 heavy (non-hydrogen) atoms. The Hall–Kier alpha value is -0.560. The molecule has 0 saturated heterocycles. The molecule has 2 aromatic rings. The quantitative estimate of drug-likeness (QED) is 0.734. The highest BCUT2D eigenvalue weighted by molar-refractivity contribution is 9.10. The summed E-state index contributed by atoms with van der Waals surface area (Å²) in [6.07, 6.45) is 0. The molecule has 0 atom stereocenters. The van der Waals surface area contributed by atoms with E-state index in [0.29, 0.717) is 15.2 Å². The van der Waals surface area contributed by atoms with Gasteiger partial charge >= 0.3 is 0 Å². The summed E-state index contributed by atoms with van der Waals surface area (Å²) in [6.45, 7) is 1.83. The SMILES string of the molecule is Cc1c(Br)cccc1NS(=O)(=O)c1ccc(Cl)c(Br)c1. The summed E-state index contributed by atoms with van der Waals surface area (Å²) in [6, 6.07) is 9.80. The van der Waals surface area contributed by atoms with Crippen LogP contribution in [0.25, 0.3) is 0 Å². The van der Waals surface area contributed by atoms with E-state index < -0.39 is 10.0 Å². The van der Waals surface area contributed by atoms with Crippen molar-refractivity contribution in [2.45, 2.75) is 11.8 Å². The van der Waals surface area contributed by atoms with Crippen LogP contribution < -0.4 is 4.72 Å². The van der Waals surface area contributed by atoms with Crippen LogP contribution in [0.2, 0.25) is 5.02 Å². The van der Waals surface area contributed by atoms with Crippen molar-refractivity contribution in [3.05, 3.63) is 55.9 Å². The van der Waals surface area contributed by atoms with Crippen LogP contribution >= 0.6 is 43.5 Å². The summed E-state index contributed by atoms with van der Waals surface area (Å²) in [4.78, 5) is 0.146. The molecule has 0 spiro atoms. The largest absolute Gasteiger partial charge is 0.279 e. The zero-order valence-corrected chi connectivity index (χ0v) is 15.1. The third-order valence-corrected chi connectivity index (χ3v) is 6.15. The summed E-state index contributed by atoms with van der Waals surface area (Å²) < 4.78 is 28.6. The average molecular weight is 440 g/mol.